The number of amides is 2. The first-order chi connectivity index (χ1) is 10.6. The van der Waals surface area contributed by atoms with Gasteiger partial charge in [0.25, 0.3) is 0 Å². The van der Waals surface area contributed by atoms with E-state index in [1.165, 1.54) is 0 Å². The van der Waals surface area contributed by atoms with Gasteiger partial charge in [-0.1, -0.05) is 15.9 Å². The van der Waals surface area contributed by atoms with E-state index in [1.807, 2.05) is 26.0 Å². The molecule has 1 aliphatic heterocycles. The van der Waals surface area contributed by atoms with Gasteiger partial charge < -0.3 is 15.4 Å². The molecule has 2 rings (SSSR count). The molecule has 2 N–H and O–H groups in total. The number of hydrogen-bond acceptors (Lipinski definition) is 3. The van der Waals surface area contributed by atoms with Crippen LogP contribution < -0.4 is 10.6 Å². The van der Waals surface area contributed by atoms with E-state index in [0.29, 0.717) is 6.54 Å². The van der Waals surface area contributed by atoms with Crippen LogP contribution in [0.5, 0.6) is 0 Å². The second-order valence-corrected chi connectivity index (χ2v) is 6.52. The normalized spacial score (nSPS) is 15.6. The summed E-state index contributed by atoms with van der Waals surface area (Å²) in [6, 6.07) is 3.86. The highest BCUT2D eigenvalue weighted by Crippen LogP contribution is 2.24. The first-order valence-electron chi connectivity index (χ1n) is 7.68. The number of morpholine rings is 1. The Kier molecular flexibility index (Phi) is 6.67. The van der Waals surface area contributed by atoms with Crippen molar-refractivity contribution in [3.05, 3.63) is 27.7 Å². The van der Waals surface area contributed by atoms with Crippen LogP contribution >= 0.6 is 15.9 Å². The molecule has 0 saturated carbocycles. The fourth-order valence-electron chi connectivity index (χ4n) is 2.59. The predicted molar refractivity (Wildman–Crippen MR) is 92.5 cm³/mol. The molecule has 0 aromatic heterocycles. The van der Waals surface area contributed by atoms with Crippen LogP contribution in [-0.2, 0) is 4.74 Å². The maximum absolute atomic E-state index is 12.0. The summed E-state index contributed by atoms with van der Waals surface area (Å²) in [5.74, 6) is 0. The average molecular weight is 370 g/mol. The van der Waals surface area contributed by atoms with Crippen molar-refractivity contribution < 1.29 is 9.53 Å². The third kappa shape index (κ3) is 5.26. The minimum absolute atomic E-state index is 0.143. The monoisotopic (exact) mass is 369 g/mol. The molecule has 122 valence electrons. The number of rotatable bonds is 5. The number of ether oxygens (including phenoxy) is 1. The van der Waals surface area contributed by atoms with E-state index >= 15 is 0 Å². The van der Waals surface area contributed by atoms with E-state index in [0.717, 1.165) is 60.6 Å². The summed E-state index contributed by atoms with van der Waals surface area (Å²) < 4.78 is 6.34. The largest absolute Gasteiger partial charge is 0.379 e. The quantitative estimate of drug-likeness (QED) is 0.784. The Morgan fingerprint density at radius 1 is 1.27 bits per heavy atom. The maximum atomic E-state index is 12.0. The Morgan fingerprint density at radius 3 is 2.55 bits per heavy atom. The van der Waals surface area contributed by atoms with E-state index in [9.17, 15) is 4.79 Å². The second-order valence-electron chi connectivity index (χ2n) is 5.60. The topological polar surface area (TPSA) is 53.6 Å². The van der Waals surface area contributed by atoms with Gasteiger partial charge in [-0.05, 0) is 50.1 Å². The molecule has 1 aliphatic rings. The summed E-state index contributed by atoms with van der Waals surface area (Å²) in [6.45, 7) is 9.27. The molecule has 22 heavy (non-hydrogen) atoms. The van der Waals surface area contributed by atoms with E-state index in [-0.39, 0.29) is 6.03 Å². The van der Waals surface area contributed by atoms with Crippen molar-refractivity contribution in [1.29, 1.82) is 0 Å². The average Bonchev–Trinajstić information content (AvgIpc) is 2.48. The highest BCUT2D eigenvalue weighted by molar-refractivity contribution is 9.10. The first kappa shape index (κ1) is 17.2. The summed E-state index contributed by atoms with van der Waals surface area (Å²) >= 11 is 3.46. The van der Waals surface area contributed by atoms with Crippen LogP contribution in [0, 0.1) is 13.8 Å². The zero-order chi connectivity index (χ0) is 15.9. The zero-order valence-corrected chi connectivity index (χ0v) is 14.8. The molecule has 1 heterocycles. The van der Waals surface area contributed by atoms with E-state index in [1.54, 1.807) is 0 Å². The Bertz CT molecular complexity index is 493. The van der Waals surface area contributed by atoms with Crippen molar-refractivity contribution in [3.8, 4) is 0 Å². The van der Waals surface area contributed by atoms with Crippen LogP contribution in [0.15, 0.2) is 16.6 Å². The maximum Gasteiger partial charge on any atom is 0.319 e. The molecule has 2 amide bonds. The molecule has 5 nitrogen and oxygen atoms in total. The van der Waals surface area contributed by atoms with Gasteiger partial charge in [0.1, 0.15) is 0 Å². The molecule has 6 heteroatoms. The summed E-state index contributed by atoms with van der Waals surface area (Å²) in [4.78, 5) is 14.4. The number of carbonyl (C=O) groups is 1. The summed E-state index contributed by atoms with van der Waals surface area (Å²) in [6.07, 6.45) is 0.950. The molecule has 1 fully saturated rings. The summed E-state index contributed by atoms with van der Waals surface area (Å²) in [5, 5.41) is 5.86. The lowest BCUT2D eigenvalue weighted by Crippen LogP contribution is -2.38. The zero-order valence-electron chi connectivity index (χ0n) is 13.2. The number of halogens is 1. The molecular formula is C16H24BrN3O2. The minimum Gasteiger partial charge on any atom is -0.379 e. The Morgan fingerprint density at radius 2 is 1.91 bits per heavy atom. The fraction of sp³-hybridized carbons (Fsp3) is 0.562. The van der Waals surface area contributed by atoms with Gasteiger partial charge in [-0.2, -0.15) is 0 Å². The van der Waals surface area contributed by atoms with Crippen molar-refractivity contribution in [2.75, 3.05) is 44.7 Å². The molecule has 0 aliphatic carbocycles. The number of anilines is 1. The van der Waals surface area contributed by atoms with Crippen LogP contribution in [-0.4, -0.2) is 50.3 Å². The number of carbonyl (C=O) groups excluding carboxylic acids is 1. The smallest absolute Gasteiger partial charge is 0.319 e. The van der Waals surface area contributed by atoms with Crippen molar-refractivity contribution in [2.24, 2.45) is 0 Å². The van der Waals surface area contributed by atoms with Crippen LogP contribution in [0.3, 0.4) is 0 Å². The van der Waals surface area contributed by atoms with Crippen LogP contribution in [0.2, 0.25) is 0 Å². The lowest BCUT2D eigenvalue weighted by molar-refractivity contribution is 0.0375. The van der Waals surface area contributed by atoms with Gasteiger partial charge in [0.15, 0.2) is 0 Å². The Balaban J connectivity index is 1.71. The van der Waals surface area contributed by atoms with Crippen LogP contribution in [0.1, 0.15) is 17.5 Å². The Hall–Kier alpha value is -1.11. The van der Waals surface area contributed by atoms with E-state index in [4.69, 9.17) is 4.74 Å². The molecule has 0 unspecified atom stereocenters. The highest BCUT2D eigenvalue weighted by Gasteiger charge is 2.10. The van der Waals surface area contributed by atoms with Crippen molar-refractivity contribution in [3.63, 3.8) is 0 Å². The van der Waals surface area contributed by atoms with Gasteiger partial charge in [0, 0.05) is 29.8 Å². The number of aryl methyl sites for hydroxylation is 2. The SMILES string of the molecule is Cc1cc(Br)cc(C)c1NC(=O)NCCCN1CCOCC1. The fourth-order valence-corrected chi connectivity index (χ4v) is 3.28. The minimum atomic E-state index is -0.143. The lowest BCUT2D eigenvalue weighted by atomic mass is 10.1. The molecule has 0 bridgehead atoms. The van der Waals surface area contributed by atoms with Gasteiger partial charge in [-0.15, -0.1) is 0 Å². The van der Waals surface area contributed by atoms with Crippen molar-refractivity contribution in [1.82, 2.24) is 10.2 Å². The van der Waals surface area contributed by atoms with Gasteiger partial charge in [0.2, 0.25) is 0 Å². The lowest BCUT2D eigenvalue weighted by Gasteiger charge is -2.26. The molecule has 0 radical (unpaired) electrons. The Labute approximate surface area is 140 Å². The number of urea groups is 1. The third-order valence-electron chi connectivity index (χ3n) is 3.78. The van der Waals surface area contributed by atoms with Crippen molar-refractivity contribution in [2.45, 2.75) is 20.3 Å². The van der Waals surface area contributed by atoms with Gasteiger partial charge in [-0.25, -0.2) is 4.79 Å². The third-order valence-corrected chi connectivity index (χ3v) is 4.23. The molecule has 1 aromatic carbocycles. The highest BCUT2D eigenvalue weighted by atomic mass is 79.9. The summed E-state index contributed by atoms with van der Waals surface area (Å²) in [7, 11) is 0. The van der Waals surface area contributed by atoms with E-state index in [2.05, 4.69) is 31.5 Å². The first-order valence-corrected chi connectivity index (χ1v) is 8.47. The number of nitrogens with one attached hydrogen (secondary N) is 2. The van der Waals surface area contributed by atoms with Crippen molar-refractivity contribution >= 4 is 27.6 Å². The summed E-state index contributed by atoms with van der Waals surface area (Å²) in [5.41, 5.74) is 2.99. The predicted octanol–water partition coefficient (Wildman–Crippen LogP) is 2.91. The standard InChI is InChI=1S/C16H24BrN3O2/c1-12-10-14(17)11-13(2)15(12)19-16(21)18-4-3-5-20-6-8-22-9-7-20/h10-11H,3-9H2,1-2H3,(H2,18,19,21). The molecule has 1 saturated heterocycles. The molecule has 0 atom stereocenters. The number of nitrogens with zero attached hydrogens (tertiary/aromatic N) is 1. The van der Waals surface area contributed by atoms with Gasteiger partial charge >= 0.3 is 6.03 Å². The number of hydrogen-bond donors (Lipinski definition) is 2. The molecule has 1 aromatic rings. The van der Waals surface area contributed by atoms with Crippen LogP contribution in [0.25, 0.3) is 0 Å². The number of benzene rings is 1. The second kappa shape index (κ2) is 8.50. The van der Waals surface area contributed by atoms with Gasteiger partial charge in [0.05, 0.1) is 13.2 Å². The van der Waals surface area contributed by atoms with E-state index < -0.39 is 0 Å². The molecular weight excluding hydrogens is 346 g/mol. The molecule has 0 spiro atoms. The van der Waals surface area contributed by atoms with Crippen LogP contribution in [0.4, 0.5) is 10.5 Å². The van der Waals surface area contributed by atoms with Gasteiger partial charge in [-0.3, -0.25) is 4.90 Å².